The molecule has 0 spiro atoms. The molecule has 0 bridgehead atoms. The zero-order valence-corrected chi connectivity index (χ0v) is 16.6. The van der Waals surface area contributed by atoms with Crippen LogP contribution in [0.1, 0.15) is 66.2 Å². The largest absolute Gasteiger partial charge is 0.481 e. The molecule has 0 rings (SSSR count). The van der Waals surface area contributed by atoms with Crippen molar-refractivity contribution in [1.82, 2.24) is 0 Å². The van der Waals surface area contributed by atoms with Gasteiger partial charge in [0.2, 0.25) is 0 Å². The van der Waals surface area contributed by atoms with E-state index < -0.39 is 54.0 Å². The second kappa shape index (κ2) is 12.7. The van der Waals surface area contributed by atoms with E-state index in [4.69, 9.17) is 9.84 Å². The van der Waals surface area contributed by atoms with Gasteiger partial charge in [0.25, 0.3) is 0 Å². The number of carboxylic acids is 2. The maximum absolute atomic E-state index is 12.7. The standard InChI is InChI=1S/C19H34O8/c1-5-13(18(24)25)9-14(7-11(3)17(22)23)19(26)27-16(8-12(4)20)10-15(21)6-2/h11-16,20-21H,5-10H2,1-4H3,(H,22,23)(H,24,25). The minimum Gasteiger partial charge on any atom is -0.481 e. The molecule has 0 aromatic heterocycles. The lowest BCUT2D eigenvalue weighted by molar-refractivity contribution is -0.159. The van der Waals surface area contributed by atoms with Gasteiger partial charge < -0.3 is 25.2 Å². The predicted octanol–water partition coefficient (Wildman–Crippen LogP) is 2.06. The highest BCUT2D eigenvalue weighted by atomic mass is 16.5. The quantitative estimate of drug-likeness (QED) is 0.330. The van der Waals surface area contributed by atoms with Crippen LogP contribution in [0.25, 0.3) is 0 Å². The highest BCUT2D eigenvalue weighted by Gasteiger charge is 2.32. The third-order valence-corrected chi connectivity index (χ3v) is 4.70. The van der Waals surface area contributed by atoms with E-state index in [0.29, 0.717) is 12.8 Å². The second-order valence-electron chi connectivity index (χ2n) is 7.29. The molecule has 8 nitrogen and oxygen atoms in total. The number of aliphatic hydroxyl groups is 2. The molecule has 0 aliphatic carbocycles. The van der Waals surface area contributed by atoms with Crippen molar-refractivity contribution in [3.8, 4) is 0 Å². The van der Waals surface area contributed by atoms with Gasteiger partial charge in [-0.1, -0.05) is 20.8 Å². The number of esters is 1. The van der Waals surface area contributed by atoms with Crippen molar-refractivity contribution in [2.45, 2.75) is 84.5 Å². The molecule has 158 valence electrons. The predicted molar refractivity (Wildman–Crippen MR) is 98.0 cm³/mol. The normalized spacial score (nSPS) is 18.0. The Labute approximate surface area is 160 Å². The number of hydrogen-bond acceptors (Lipinski definition) is 6. The molecule has 0 amide bonds. The lowest BCUT2D eigenvalue weighted by Crippen LogP contribution is -2.33. The first kappa shape index (κ1) is 25.3. The van der Waals surface area contributed by atoms with Gasteiger partial charge in [0, 0.05) is 12.8 Å². The summed E-state index contributed by atoms with van der Waals surface area (Å²) in [6, 6.07) is 0. The fourth-order valence-corrected chi connectivity index (χ4v) is 2.91. The van der Waals surface area contributed by atoms with Crippen molar-refractivity contribution >= 4 is 17.9 Å². The number of aliphatic carboxylic acids is 2. The number of ether oxygens (including phenoxy) is 1. The first-order valence-corrected chi connectivity index (χ1v) is 9.53. The molecule has 0 aromatic carbocycles. The van der Waals surface area contributed by atoms with Gasteiger partial charge in [-0.2, -0.15) is 0 Å². The van der Waals surface area contributed by atoms with E-state index in [1.807, 2.05) is 0 Å². The first-order valence-electron chi connectivity index (χ1n) is 9.53. The molecule has 0 heterocycles. The number of aliphatic hydroxyl groups excluding tert-OH is 2. The Balaban J connectivity index is 5.30. The minimum atomic E-state index is -1.07. The molecule has 6 atom stereocenters. The number of carbonyl (C=O) groups is 3. The molecule has 4 N–H and O–H groups in total. The lowest BCUT2D eigenvalue weighted by Gasteiger charge is -2.26. The topological polar surface area (TPSA) is 141 Å². The average molecular weight is 390 g/mol. The van der Waals surface area contributed by atoms with E-state index in [2.05, 4.69) is 0 Å². The SMILES string of the molecule is CCC(O)CC(CC(C)O)OC(=O)C(CC(C)C(=O)O)CC(CC)C(=O)O. The molecule has 0 aromatic rings. The zero-order chi connectivity index (χ0) is 21.1. The van der Waals surface area contributed by atoms with Crippen molar-refractivity contribution in [1.29, 1.82) is 0 Å². The fraction of sp³-hybridized carbons (Fsp3) is 0.842. The molecule has 0 fully saturated rings. The average Bonchev–Trinajstić information content (AvgIpc) is 2.56. The maximum Gasteiger partial charge on any atom is 0.309 e. The molecular weight excluding hydrogens is 356 g/mol. The first-order chi connectivity index (χ1) is 12.5. The van der Waals surface area contributed by atoms with E-state index >= 15 is 0 Å². The van der Waals surface area contributed by atoms with Crippen LogP contribution in [-0.4, -0.2) is 56.6 Å². The van der Waals surface area contributed by atoms with E-state index in [1.54, 1.807) is 20.8 Å². The molecular formula is C19H34O8. The van der Waals surface area contributed by atoms with Crippen molar-refractivity contribution in [2.24, 2.45) is 17.8 Å². The Morgan fingerprint density at radius 2 is 1.41 bits per heavy atom. The number of hydrogen-bond donors (Lipinski definition) is 4. The number of carbonyl (C=O) groups excluding carboxylic acids is 1. The third-order valence-electron chi connectivity index (χ3n) is 4.70. The molecule has 0 saturated carbocycles. The van der Waals surface area contributed by atoms with Crippen LogP contribution in [0, 0.1) is 17.8 Å². The second-order valence-corrected chi connectivity index (χ2v) is 7.29. The minimum absolute atomic E-state index is 0.0139. The summed E-state index contributed by atoms with van der Waals surface area (Å²) < 4.78 is 5.46. The lowest BCUT2D eigenvalue weighted by atomic mass is 9.86. The van der Waals surface area contributed by atoms with E-state index in [9.17, 15) is 29.7 Å². The Hall–Kier alpha value is -1.67. The van der Waals surface area contributed by atoms with E-state index in [0.717, 1.165) is 0 Å². The smallest absolute Gasteiger partial charge is 0.309 e. The van der Waals surface area contributed by atoms with Crippen LogP contribution in [-0.2, 0) is 19.1 Å². The molecule has 27 heavy (non-hydrogen) atoms. The summed E-state index contributed by atoms with van der Waals surface area (Å²) in [4.78, 5) is 35.2. The summed E-state index contributed by atoms with van der Waals surface area (Å²) in [7, 11) is 0. The number of carboxylic acid groups (broad SMARTS) is 2. The van der Waals surface area contributed by atoms with Crippen LogP contribution < -0.4 is 0 Å². The van der Waals surface area contributed by atoms with Crippen LogP contribution in [0.3, 0.4) is 0 Å². The summed E-state index contributed by atoms with van der Waals surface area (Å²) in [5, 5.41) is 37.8. The van der Waals surface area contributed by atoms with Crippen LogP contribution in [0.4, 0.5) is 0 Å². The molecule has 6 unspecified atom stereocenters. The Morgan fingerprint density at radius 1 is 0.815 bits per heavy atom. The molecule has 0 radical (unpaired) electrons. The summed E-state index contributed by atoms with van der Waals surface area (Å²) in [5.41, 5.74) is 0. The summed E-state index contributed by atoms with van der Waals surface area (Å²) >= 11 is 0. The fourth-order valence-electron chi connectivity index (χ4n) is 2.91. The van der Waals surface area contributed by atoms with Gasteiger partial charge in [0.1, 0.15) is 6.10 Å². The maximum atomic E-state index is 12.7. The van der Waals surface area contributed by atoms with Gasteiger partial charge in [-0.15, -0.1) is 0 Å². The van der Waals surface area contributed by atoms with E-state index in [-0.39, 0.29) is 25.7 Å². The van der Waals surface area contributed by atoms with Gasteiger partial charge in [0.15, 0.2) is 0 Å². The van der Waals surface area contributed by atoms with Crippen LogP contribution >= 0.6 is 0 Å². The summed E-state index contributed by atoms with van der Waals surface area (Å²) in [5.74, 6) is -5.28. The summed E-state index contributed by atoms with van der Waals surface area (Å²) in [6.45, 7) is 6.47. The van der Waals surface area contributed by atoms with Crippen molar-refractivity contribution in [3.63, 3.8) is 0 Å². The Bertz CT molecular complexity index is 476. The number of rotatable bonds is 14. The molecule has 0 aliphatic heterocycles. The molecule has 0 aliphatic rings. The highest BCUT2D eigenvalue weighted by molar-refractivity contribution is 5.76. The molecule has 0 saturated heterocycles. The summed E-state index contributed by atoms with van der Waals surface area (Å²) in [6.07, 6.45) is -1.14. The third kappa shape index (κ3) is 10.3. The monoisotopic (exact) mass is 390 g/mol. The zero-order valence-electron chi connectivity index (χ0n) is 16.6. The van der Waals surface area contributed by atoms with Crippen LogP contribution in [0.2, 0.25) is 0 Å². The highest BCUT2D eigenvalue weighted by Crippen LogP contribution is 2.26. The Morgan fingerprint density at radius 3 is 1.81 bits per heavy atom. The van der Waals surface area contributed by atoms with Crippen molar-refractivity contribution in [3.05, 3.63) is 0 Å². The van der Waals surface area contributed by atoms with Crippen molar-refractivity contribution < 1.29 is 39.5 Å². The van der Waals surface area contributed by atoms with Gasteiger partial charge >= 0.3 is 17.9 Å². The Kier molecular flexibility index (Phi) is 11.9. The van der Waals surface area contributed by atoms with Crippen LogP contribution in [0.15, 0.2) is 0 Å². The van der Waals surface area contributed by atoms with Gasteiger partial charge in [0.05, 0.1) is 30.0 Å². The molecule has 8 heteroatoms. The van der Waals surface area contributed by atoms with Crippen LogP contribution in [0.5, 0.6) is 0 Å². The van der Waals surface area contributed by atoms with Gasteiger partial charge in [-0.3, -0.25) is 14.4 Å². The van der Waals surface area contributed by atoms with Crippen molar-refractivity contribution in [2.75, 3.05) is 0 Å². The van der Waals surface area contributed by atoms with E-state index in [1.165, 1.54) is 6.92 Å². The van der Waals surface area contributed by atoms with Gasteiger partial charge in [-0.05, 0) is 32.6 Å². The van der Waals surface area contributed by atoms with Gasteiger partial charge in [-0.25, -0.2) is 0 Å².